The third-order valence-electron chi connectivity index (χ3n) is 6.18. The van der Waals surface area contributed by atoms with E-state index >= 15 is 0 Å². The molecule has 1 aliphatic heterocycles. The van der Waals surface area contributed by atoms with Crippen molar-refractivity contribution in [2.75, 3.05) is 24.3 Å². The SMILES string of the molecule is CC(C)[Si](C#Cc1cc(N2CCOC2=O)nc2nc(S(C)(=O)=O)ncc12)(C(C)C)C(C)C. The maximum atomic E-state index is 12.1. The van der Waals surface area contributed by atoms with E-state index in [1.165, 1.54) is 11.1 Å². The number of pyridine rings is 1. The van der Waals surface area contributed by atoms with Crippen LogP contribution < -0.4 is 4.90 Å². The minimum absolute atomic E-state index is 0.188. The van der Waals surface area contributed by atoms with Crippen LogP contribution in [0.1, 0.15) is 47.1 Å². The van der Waals surface area contributed by atoms with Crippen LogP contribution in [-0.2, 0) is 14.6 Å². The summed E-state index contributed by atoms with van der Waals surface area (Å²) >= 11 is 0. The topological polar surface area (TPSA) is 102 Å². The van der Waals surface area contributed by atoms with E-state index in [1.54, 1.807) is 6.07 Å². The Morgan fingerprint density at radius 2 is 1.72 bits per heavy atom. The quantitative estimate of drug-likeness (QED) is 0.367. The third-order valence-corrected chi connectivity index (χ3v) is 13.3. The Kier molecular flexibility index (Phi) is 6.63. The maximum Gasteiger partial charge on any atom is 0.415 e. The second-order valence-electron chi connectivity index (χ2n) is 9.10. The monoisotopic (exact) mass is 474 g/mol. The number of carbonyl (C=O) groups is 1. The zero-order valence-electron chi connectivity index (χ0n) is 19.6. The first-order valence-corrected chi connectivity index (χ1v) is 14.9. The first kappa shape index (κ1) is 24.1. The Bertz CT molecular complexity index is 1190. The number of fused-ring (bicyclic) bond motifs is 1. The highest BCUT2D eigenvalue weighted by Gasteiger charge is 2.41. The highest BCUT2D eigenvalue weighted by atomic mass is 32.2. The number of rotatable bonds is 5. The molecule has 1 fully saturated rings. The van der Waals surface area contributed by atoms with Gasteiger partial charge in [0.1, 0.15) is 20.5 Å². The number of nitrogens with zero attached hydrogens (tertiary/aromatic N) is 4. The minimum atomic E-state index is -3.62. The summed E-state index contributed by atoms with van der Waals surface area (Å²) in [5, 5.41) is 0.244. The van der Waals surface area contributed by atoms with E-state index in [1.807, 2.05) is 0 Å². The van der Waals surface area contributed by atoms with Gasteiger partial charge in [0.05, 0.1) is 11.9 Å². The molecule has 0 N–H and O–H groups in total. The Morgan fingerprint density at radius 1 is 1.09 bits per heavy atom. The predicted molar refractivity (Wildman–Crippen MR) is 127 cm³/mol. The summed E-state index contributed by atoms with van der Waals surface area (Å²) in [5.41, 5.74) is 5.83. The average molecular weight is 475 g/mol. The molecule has 0 spiro atoms. The van der Waals surface area contributed by atoms with Crippen LogP contribution in [-0.4, -0.2) is 56.9 Å². The van der Waals surface area contributed by atoms with Crippen LogP contribution in [0, 0.1) is 11.5 Å². The lowest BCUT2D eigenvalue weighted by atomic mass is 10.2. The molecule has 1 saturated heterocycles. The molecule has 3 rings (SSSR count). The molecule has 0 bridgehead atoms. The predicted octanol–water partition coefficient (Wildman–Crippen LogP) is 3.95. The number of amides is 1. The summed E-state index contributed by atoms with van der Waals surface area (Å²) in [7, 11) is -5.64. The van der Waals surface area contributed by atoms with Crippen LogP contribution in [0.15, 0.2) is 17.4 Å². The number of hydrogen-bond donors (Lipinski definition) is 0. The average Bonchev–Trinajstić information content (AvgIpc) is 3.12. The number of aromatic nitrogens is 3. The molecular formula is C22H30N4O4SSi. The molecule has 10 heteroatoms. The van der Waals surface area contributed by atoms with E-state index < -0.39 is 24.0 Å². The van der Waals surface area contributed by atoms with Gasteiger partial charge in [0.2, 0.25) is 15.0 Å². The summed E-state index contributed by atoms with van der Waals surface area (Å²) in [5.74, 6) is 3.71. The van der Waals surface area contributed by atoms with Crippen molar-refractivity contribution in [2.45, 2.75) is 63.3 Å². The molecule has 0 atom stereocenters. The van der Waals surface area contributed by atoms with E-state index in [0.29, 0.717) is 39.9 Å². The second kappa shape index (κ2) is 8.79. The van der Waals surface area contributed by atoms with Crippen molar-refractivity contribution in [3.05, 3.63) is 17.8 Å². The Hall–Kier alpha value is -2.51. The van der Waals surface area contributed by atoms with Crippen LogP contribution in [0.2, 0.25) is 16.6 Å². The minimum Gasteiger partial charge on any atom is -0.447 e. The largest absolute Gasteiger partial charge is 0.447 e. The second-order valence-corrected chi connectivity index (χ2v) is 16.6. The summed E-state index contributed by atoms with van der Waals surface area (Å²) in [6.45, 7) is 14.0. The van der Waals surface area contributed by atoms with Crippen molar-refractivity contribution in [1.29, 1.82) is 0 Å². The standard InChI is InChI=1S/C22H30N4O4SSi/c1-14(2)32(15(3)4,16(5)6)11-8-17-12-19(26-9-10-30-22(26)27)24-20-18(17)13-23-21(25-20)31(7,28)29/h12-16H,9-10H2,1-7H3. The third kappa shape index (κ3) is 4.36. The molecule has 0 aromatic carbocycles. The molecule has 2 aromatic rings. The van der Waals surface area contributed by atoms with Crippen molar-refractivity contribution in [1.82, 2.24) is 15.0 Å². The molecule has 0 saturated carbocycles. The number of ether oxygens (including phenoxy) is 1. The van der Waals surface area contributed by atoms with Crippen LogP contribution in [0.25, 0.3) is 11.0 Å². The highest BCUT2D eigenvalue weighted by Crippen LogP contribution is 2.41. The number of hydrogen-bond acceptors (Lipinski definition) is 7. The summed E-state index contributed by atoms with van der Waals surface area (Å²) < 4.78 is 29.0. The first-order valence-electron chi connectivity index (χ1n) is 10.7. The summed E-state index contributed by atoms with van der Waals surface area (Å²) in [4.78, 5) is 26.2. The first-order chi connectivity index (χ1) is 14.9. The zero-order chi connectivity index (χ0) is 23.8. The Morgan fingerprint density at radius 3 is 2.22 bits per heavy atom. The van der Waals surface area contributed by atoms with Crippen molar-refractivity contribution < 1.29 is 17.9 Å². The molecular weight excluding hydrogens is 444 g/mol. The van der Waals surface area contributed by atoms with Crippen LogP contribution in [0.4, 0.5) is 10.6 Å². The molecule has 1 aliphatic rings. The Balaban J connectivity index is 2.28. The molecule has 32 heavy (non-hydrogen) atoms. The fourth-order valence-electron chi connectivity index (χ4n) is 4.61. The van der Waals surface area contributed by atoms with Gasteiger partial charge < -0.3 is 4.74 Å². The molecule has 172 valence electrons. The molecule has 2 aromatic heterocycles. The van der Waals surface area contributed by atoms with Crippen LogP contribution >= 0.6 is 0 Å². The lowest BCUT2D eigenvalue weighted by Crippen LogP contribution is -2.43. The number of anilines is 1. The van der Waals surface area contributed by atoms with Crippen molar-refractivity contribution in [2.24, 2.45) is 0 Å². The van der Waals surface area contributed by atoms with Gasteiger partial charge in [-0.2, -0.15) is 4.98 Å². The fraction of sp³-hybridized carbons (Fsp3) is 0.545. The highest BCUT2D eigenvalue weighted by molar-refractivity contribution is 7.90. The van der Waals surface area contributed by atoms with Gasteiger partial charge in [-0.3, -0.25) is 4.90 Å². The lowest BCUT2D eigenvalue weighted by Gasteiger charge is -2.38. The molecule has 0 aliphatic carbocycles. The van der Waals surface area contributed by atoms with Gasteiger partial charge in [0, 0.05) is 18.0 Å². The number of carbonyl (C=O) groups excluding carboxylic acids is 1. The van der Waals surface area contributed by atoms with Gasteiger partial charge in [-0.05, 0) is 22.7 Å². The van der Waals surface area contributed by atoms with Crippen molar-refractivity contribution >= 4 is 40.9 Å². The normalized spacial score (nSPS) is 14.9. The molecule has 0 radical (unpaired) electrons. The van der Waals surface area contributed by atoms with Crippen molar-refractivity contribution in [3.8, 4) is 11.5 Å². The van der Waals surface area contributed by atoms with Crippen LogP contribution in [0.5, 0.6) is 0 Å². The zero-order valence-corrected chi connectivity index (χ0v) is 21.4. The van der Waals surface area contributed by atoms with E-state index in [9.17, 15) is 13.2 Å². The van der Waals surface area contributed by atoms with E-state index in [-0.39, 0.29) is 17.4 Å². The molecule has 8 nitrogen and oxygen atoms in total. The summed E-state index contributed by atoms with van der Waals surface area (Å²) in [6.07, 6.45) is 2.00. The van der Waals surface area contributed by atoms with Gasteiger partial charge in [-0.25, -0.2) is 23.2 Å². The Labute approximate surface area is 190 Å². The van der Waals surface area contributed by atoms with Gasteiger partial charge in [-0.1, -0.05) is 47.5 Å². The van der Waals surface area contributed by atoms with Gasteiger partial charge in [-0.15, -0.1) is 5.54 Å². The molecule has 0 unspecified atom stereocenters. The fourth-order valence-corrected chi connectivity index (χ4v) is 10.3. The van der Waals surface area contributed by atoms with Gasteiger partial charge in [0.15, 0.2) is 5.65 Å². The van der Waals surface area contributed by atoms with E-state index in [0.717, 1.165) is 6.26 Å². The smallest absolute Gasteiger partial charge is 0.415 e. The lowest BCUT2D eigenvalue weighted by molar-refractivity contribution is 0.181. The molecule has 1 amide bonds. The van der Waals surface area contributed by atoms with E-state index in [4.69, 9.17) is 4.74 Å². The number of sulfone groups is 1. The van der Waals surface area contributed by atoms with E-state index in [2.05, 4.69) is 68.0 Å². The maximum absolute atomic E-state index is 12.1. The summed E-state index contributed by atoms with van der Waals surface area (Å²) in [6, 6.07) is 1.74. The van der Waals surface area contributed by atoms with Gasteiger partial charge >= 0.3 is 6.09 Å². The molecule has 3 heterocycles. The van der Waals surface area contributed by atoms with Crippen LogP contribution in [0.3, 0.4) is 0 Å². The van der Waals surface area contributed by atoms with Gasteiger partial charge in [0.25, 0.3) is 0 Å². The number of cyclic esters (lactones) is 1. The van der Waals surface area contributed by atoms with Crippen molar-refractivity contribution in [3.63, 3.8) is 0 Å².